The highest BCUT2D eigenvalue weighted by Crippen LogP contribution is 2.22. The van der Waals surface area contributed by atoms with Gasteiger partial charge in [-0.05, 0) is 6.08 Å². The van der Waals surface area contributed by atoms with E-state index in [-0.39, 0.29) is 6.61 Å². The van der Waals surface area contributed by atoms with E-state index in [1.807, 2.05) is 0 Å². The number of aliphatic hydroxyl groups excluding tert-OH is 3. The Hall–Kier alpha value is -0.990. The second-order valence-corrected chi connectivity index (χ2v) is 3.56. The summed E-state index contributed by atoms with van der Waals surface area (Å²) in [7, 11) is 0. The van der Waals surface area contributed by atoms with Crippen LogP contribution in [0.15, 0.2) is 17.3 Å². The molecule has 4 atom stereocenters. The monoisotopic (exact) mass is 230 g/mol. The quantitative estimate of drug-likeness (QED) is 0.530. The first kappa shape index (κ1) is 11.5. The molecule has 0 spiro atoms. The topological polar surface area (TPSA) is 94.8 Å². The van der Waals surface area contributed by atoms with E-state index < -0.39 is 24.6 Å². The number of ether oxygens (including phenoxy) is 1. The lowest BCUT2D eigenvalue weighted by molar-refractivity contribution is -0.258. The average Bonchev–Trinajstić information content (AvgIpc) is 2.58. The van der Waals surface area contributed by atoms with E-state index in [4.69, 9.17) is 14.7 Å². The molecular weight excluding hydrogens is 216 g/mol. The van der Waals surface area contributed by atoms with Gasteiger partial charge < -0.3 is 20.1 Å². The van der Waals surface area contributed by atoms with Crippen molar-refractivity contribution in [2.24, 2.45) is 4.99 Å². The Morgan fingerprint density at radius 3 is 2.81 bits per heavy atom. The second kappa shape index (κ2) is 4.89. The molecule has 0 radical (unpaired) electrons. The first-order chi connectivity index (χ1) is 7.72. The molecule has 1 saturated heterocycles. The number of aliphatic imine (C=N–C) groups is 1. The third kappa shape index (κ3) is 2.23. The van der Waals surface area contributed by atoms with Gasteiger partial charge in [-0.2, -0.15) is 0 Å². The van der Waals surface area contributed by atoms with Gasteiger partial charge in [0, 0.05) is 6.20 Å². The SMILES string of the molecule is OC[C@H]1OC(ON2C=NC=CC2)[C@H](O)[C@@H]1O. The summed E-state index contributed by atoms with van der Waals surface area (Å²) in [5, 5.41) is 29.3. The molecule has 0 aromatic carbocycles. The van der Waals surface area contributed by atoms with Gasteiger partial charge in [0.1, 0.15) is 24.7 Å². The van der Waals surface area contributed by atoms with Crippen LogP contribution < -0.4 is 0 Å². The van der Waals surface area contributed by atoms with Crippen molar-refractivity contribution in [3.63, 3.8) is 0 Å². The molecule has 2 heterocycles. The number of nitrogens with zero attached hydrogens (tertiary/aromatic N) is 2. The van der Waals surface area contributed by atoms with E-state index in [1.54, 1.807) is 12.3 Å². The average molecular weight is 230 g/mol. The maximum absolute atomic E-state index is 9.59. The molecule has 2 rings (SSSR count). The van der Waals surface area contributed by atoms with Crippen molar-refractivity contribution in [3.8, 4) is 0 Å². The van der Waals surface area contributed by atoms with Crippen molar-refractivity contribution in [1.82, 2.24) is 5.06 Å². The van der Waals surface area contributed by atoms with Gasteiger partial charge in [-0.3, -0.25) is 0 Å². The highest BCUT2D eigenvalue weighted by molar-refractivity contribution is 5.55. The fourth-order valence-corrected chi connectivity index (χ4v) is 1.53. The van der Waals surface area contributed by atoms with Crippen molar-refractivity contribution in [1.29, 1.82) is 0 Å². The third-order valence-corrected chi connectivity index (χ3v) is 2.41. The first-order valence-electron chi connectivity index (χ1n) is 4.96. The molecule has 7 heteroatoms. The van der Waals surface area contributed by atoms with Crippen molar-refractivity contribution >= 4 is 6.34 Å². The summed E-state index contributed by atoms with van der Waals surface area (Å²) in [5.74, 6) is 0. The molecule has 2 aliphatic rings. The molecule has 1 unspecified atom stereocenters. The summed E-state index contributed by atoms with van der Waals surface area (Å²) in [6.07, 6.45) is 0.679. The molecule has 2 aliphatic heterocycles. The lowest BCUT2D eigenvalue weighted by Crippen LogP contribution is -2.38. The highest BCUT2D eigenvalue weighted by atomic mass is 16.8. The zero-order valence-corrected chi connectivity index (χ0v) is 8.51. The number of rotatable bonds is 3. The van der Waals surface area contributed by atoms with Crippen LogP contribution in [-0.2, 0) is 9.57 Å². The van der Waals surface area contributed by atoms with Gasteiger partial charge >= 0.3 is 0 Å². The summed E-state index contributed by atoms with van der Waals surface area (Å²) in [4.78, 5) is 9.09. The van der Waals surface area contributed by atoms with E-state index in [0.717, 1.165) is 0 Å². The molecular formula is C9H14N2O5. The summed E-state index contributed by atoms with van der Waals surface area (Å²) >= 11 is 0. The standard InChI is InChI=1S/C9H14N2O5/c12-4-6-7(13)8(14)9(15-6)16-11-3-1-2-10-5-11/h1-2,5-9,12-14H,3-4H2/t6-,7-,8-,9?/m1/s1. The maximum Gasteiger partial charge on any atom is 0.213 e. The lowest BCUT2D eigenvalue weighted by Gasteiger charge is -2.24. The first-order valence-corrected chi connectivity index (χ1v) is 4.96. The van der Waals surface area contributed by atoms with Crippen molar-refractivity contribution in [3.05, 3.63) is 12.3 Å². The van der Waals surface area contributed by atoms with Crippen molar-refractivity contribution in [2.45, 2.75) is 24.6 Å². The summed E-state index contributed by atoms with van der Waals surface area (Å²) in [6.45, 7) is 0.113. The third-order valence-electron chi connectivity index (χ3n) is 2.41. The molecule has 0 aliphatic carbocycles. The minimum absolute atomic E-state index is 0.369. The molecule has 0 aromatic heterocycles. The Morgan fingerprint density at radius 2 is 2.25 bits per heavy atom. The number of hydrogen-bond donors (Lipinski definition) is 3. The fraction of sp³-hybridized carbons (Fsp3) is 0.667. The molecule has 7 nitrogen and oxygen atoms in total. The van der Waals surface area contributed by atoms with E-state index in [0.29, 0.717) is 6.54 Å². The predicted octanol–water partition coefficient (Wildman–Crippen LogP) is -1.79. The van der Waals surface area contributed by atoms with Crippen LogP contribution >= 0.6 is 0 Å². The number of aliphatic hydroxyl groups is 3. The second-order valence-electron chi connectivity index (χ2n) is 3.56. The molecule has 3 N–H and O–H groups in total. The van der Waals surface area contributed by atoms with Crippen LogP contribution in [0.1, 0.15) is 0 Å². The number of hydrogen-bond acceptors (Lipinski definition) is 7. The summed E-state index contributed by atoms with van der Waals surface area (Å²) in [5.41, 5.74) is 0. The van der Waals surface area contributed by atoms with Crippen LogP contribution in [0, 0.1) is 0 Å². The zero-order chi connectivity index (χ0) is 11.5. The van der Waals surface area contributed by atoms with Crippen LogP contribution in [0.25, 0.3) is 0 Å². The summed E-state index contributed by atoms with van der Waals surface area (Å²) in [6, 6.07) is 0. The Morgan fingerprint density at radius 1 is 1.44 bits per heavy atom. The van der Waals surface area contributed by atoms with E-state index >= 15 is 0 Å². The van der Waals surface area contributed by atoms with Gasteiger partial charge in [-0.1, -0.05) is 0 Å². The molecule has 1 fully saturated rings. The highest BCUT2D eigenvalue weighted by Gasteiger charge is 2.44. The Bertz CT molecular complexity index is 296. The van der Waals surface area contributed by atoms with Crippen LogP contribution in [0.2, 0.25) is 0 Å². The molecule has 16 heavy (non-hydrogen) atoms. The molecule has 0 bridgehead atoms. The Labute approximate surface area is 92.2 Å². The van der Waals surface area contributed by atoms with Crippen LogP contribution in [-0.4, -0.2) is 64.5 Å². The van der Waals surface area contributed by atoms with E-state index in [2.05, 4.69) is 4.99 Å². The van der Waals surface area contributed by atoms with Gasteiger partial charge in [0.05, 0.1) is 13.2 Å². The van der Waals surface area contributed by atoms with Gasteiger partial charge in [0.25, 0.3) is 0 Å². The van der Waals surface area contributed by atoms with Gasteiger partial charge in [-0.15, -0.1) is 0 Å². The van der Waals surface area contributed by atoms with Crippen LogP contribution in [0.3, 0.4) is 0 Å². The largest absolute Gasteiger partial charge is 0.394 e. The van der Waals surface area contributed by atoms with E-state index in [1.165, 1.54) is 11.4 Å². The van der Waals surface area contributed by atoms with Gasteiger partial charge in [-0.25, -0.2) is 14.9 Å². The van der Waals surface area contributed by atoms with E-state index in [9.17, 15) is 10.2 Å². The predicted molar refractivity (Wildman–Crippen MR) is 53.2 cm³/mol. The van der Waals surface area contributed by atoms with Gasteiger partial charge in [0.15, 0.2) is 0 Å². The molecule has 0 amide bonds. The zero-order valence-electron chi connectivity index (χ0n) is 8.51. The molecule has 90 valence electrons. The minimum Gasteiger partial charge on any atom is -0.394 e. The maximum atomic E-state index is 9.59. The number of hydroxylamine groups is 2. The van der Waals surface area contributed by atoms with Crippen molar-refractivity contribution < 1.29 is 24.9 Å². The molecule has 0 aromatic rings. The van der Waals surface area contributed by atoms with Crippen LogP contribution in [0.5, 0.6) is 0 Å². The Kier molecular flexibility index (Phi) is 3.52. The minimum atomic E-state index is -1.18. The fourth-order valence-electron chi connectivity index (χ4n) is 1.53. The Balaban J connectivity index is 1.90. The summed E-state index contributed by atoms with van der Waals surface area (Å²) < 4.78 is 5.14. The lowest BCUT2D eigenvalue weighted by atomic mass is 10.1. The smallest absolute Gasteiger partial charge is 0.213 e. The normalized spacial score (nSPS) is 38.3. The van der Waals surface area contributed by atoms with Crippen molar-refractivity contribution in [2.75, 3.05) is 13.2 Å². The molecule has 0 saturated carbocycles. The van der Waals surface area contributed by atoms with Crippen LogP contribution in [0.4, 0.5) is 0 Å². The van der Waals surface area contributed by atoms with Gasteiger partial charge in [0.2, 0.25) is 6.29 Å².